The minimum absolute atomic E-state index is 0.715. The maximum atomic E-state index is 6.16. The van der Waals surface area contributed by atoms with E-state index < -0.39 is 0 Å². The van der Waals surface area contributed by atoms with E-state index in [2.05, 4.69) is 41.7 Å². The molecule has 0 atom stereocenters. The van der Waals surface area contributed by atoms with E-state index in [1.807, 2.05) is 36.4 Å². The Morgan fingerprint density at radius 3 is 2.35 bits per heavy atom. The molecule has 4 aromatic rings. The van der Waals surface area contributed by atoms with Crippen molar-refractivity contribution in [3.63, 3.8) is 0 Å². The maximum Gasteiger partial charge on any atom is 0.139 e. The summed E-state index contributed by atoms with van der Waals surface area (Å²) in [5.74, 6) is 0.884. The second-order valence-electron chi connectivity index (χ2n) is 8.93. The molecule has 0 bridgehead atoms. The van der Waals surface area contributed by atoms with Gasteiger partial charge < -0.3 is 9.72 Å². The topological polar surface area (TPSA) is 54.0 Å². The molecule has 2 aromatic heterocycles. The van der Waals surface area contributed by atoms with Crippen LogP contribution in [0, 0.1) is 20.8 Å². The Kier molecular flexibility index (Phi) is 6.50. The number of benzene rings is 2. The highest BCUT2D eigenvalue weighted by Gasteiger charge is 2.21. The van der Waals surface area contributed by atoms with Gasteiger partial charge in [-0.15, -0.1) is 0 Å². The largest absolute Gasteiger partial charge is 0.379 e. The van der Waals surface area contributed by atoms with Crippen LogP contribution in [0.1, 0.15) is 22.3 Å². The van der Waals surface area contributed by atoms with Gasteiger partial charge in [0.05, 0.1) is 24.6 Å². The third-order valence-corrected chi connectivity index (χ3v) is 6.90. The van der Waals surface area contributed by atoms with Crippen LogP contribution in [0.15, 0.2) is 54.9 Å². The molecule has 1 aliphatic heterocycles. The van der Waals surface area contributed by atoms with E-state index in [4.69, 9.17) is 21.3 Å². The molecule has 1 aliphatic rings. The predicted molar refractivity (Wildman–Crippen MR) is 138 cm³/mol. The number of halogens is 1. The zero-order valence-corrected chi connectivity index (χ0v) is 20.6. The number of aromatic amines is 1. The molecule has 34 heavy (non-hydrogen) atoms. The van der Waals surface area contributed by atoms with E-state index in [0.717, 1.165) is 61.2 Å². The quantitative estimate of drug-likeness (QED) is 0.375. The summed E-state index contributed by atoms with van der Waals surface area (Å²) < 4.78 is 5.55. The van der Waals surface area contributed by atoms with Crippen LogP contribution in [-0.2, 0) is 11.3 Å². The Bertz CT molecular complexity index is 1290. The van der Waals surface area contributed by atoms with Crippen LogP contribution in [0.4, 0.5) is 0 Å². The molecule has 0 spiro atoms. The van der Waals surface area contributed by atoms with Gasteiger partial charge in [0.25, 0.3) is 0 Å². The van der Waals surface area contributed by atoms with Crippen LogP contribution in [-0.4, -0.2) is 46.2 Å². The Balaban J connectivity index is 1.63. The number of aryl methyl sites for hydroxylation is 2. The fourth-order valence-electron chi connectivity index (χ4n) is 4.85. The molecule has 0 unspecified atom stereocenters. The number of H-pyrrole nitrogens is 1. The molecule has 0 saturated carbocycles. The smallest absolute Gasteiger partial charge is 0.139 e. The van der Waals surface area contributed by atoms with Crippen molar-refractivity contribution in [2.45, 2.75) is 27.3 Å². The SMILES string of the molecule is Cc1cc(C)c(-c2nc(-c3ccncc3)c(-c3ccc(Cl)cc3)[nH]2)c(C)c1CN1CCOCC1. The highest BCUT2D eigenvalue weighted by atomic mass is 35.5. The standard InChI is InChI=1S/C28H29ClN4O/c1-18-16-19(2)25(20(3)24(18)17-33-12-14-34-15-13-33)28-31-26(21-4-6-23(29)7-5-21)27(32-28)22-8-10-30-11-9-22/h4-11,16H,12-15,17H2,1-3H3,(H,31,32). The van der Waals surface area contributed by atoms with Crippen molar-refractivity contribution >= 4 is 11.6 Å². The van der Waals surface area contributed by atoms with Crippen molar-refractivity contribution < 1.29 is 4.74 Å². The number of morpholine rings is 1. The summed E-state index contributed by atoms with van der Waals surface area (Å²) >= 11 is 6.16. The van der Waals surface area contributed by atoms with Crippen LogP contribution >= 0.6 is 11.6 Å². The monoisotopic (exact) mass is 472 g/mol. The average molecular weight is 473 g/mol. The van der Waals surface area contributed by atoms with Gasteiger partial charge in [0.2, 0.25) is 0 Å². The summed E-state index contributed by atoms with van der Waals surface area (Å²) in [5.41, 5.74) is 10.3. The van der Waals surface area contributed by atoms with Crippen LogP contribution in [0.25, 0.3) is 33.9 Å². The number of nitrogens with one attached hydrogen (secondary N) is 1. The molecule has 1 saturated heterocycles. The molecule has 0 amide bonds. The molecule has 5 nitrogen and oxygen atoms in total. The summed E-state index contributed by atoms with van der Waals surface area (Å²) in [4.78, 5) is 15.5. The molecule has 3 heterocycles. The van der Waals surface area contributed by atoms with Crippen LogP contribution in [0.3, 0.4) is 0 Å². The average Bonchev–Trinajstić information content (AvgIpc) is 3.28. The van der Waals surface area contributed by atoms with Crippen molar-refractivity contribution in [3.05, 3.63) is 82.1 Å². The highest BCUT2D eigenvalue weighted by Crippen LogP contribution is 2.37. The van der Waals surface area contributed by atoms with Gasteiger partial charge >= 0.3 is 0 Å². The summed E-state index contributed by atoms with van der Waals surface area (Å²) in [6.45, 7) is 11.1. The second-order valence-corrected chi connectivity index (χ2v) is 9.37. The number of hydrogen-bond donors (Lipinski definition) is 1. The van der Waals surface area contributed by atoms with Gasteiger partial charge in [0, 0.05) is 53.7 Å². The predicted octanol–water partition coefficient (Wildman–Crippen LogP) is 6.22. The lowest BCUT2D eigenvalue weighted by atomic mass is 9.92. The van der Waals surface area contributed by atoms with Crippen molar-refractivity contribution in [1.82, 2.24) is 19.9 Å². The number of rotatable bonds is 5. The molecule has 5 rings (SSSR count). The van der Waals surface area contributed by atoms with E-state index in [1.165, 1.54) is 27.8 Å². The molecule has 0 radical (unpaired) electrons. The Labute approximate surface area is 205 Å². The van der Waals surface area contributed by atoms with Gasteiger partial charge in [-0.2, -0.15) is 0 Å². The summed E-state index contributed by atoms with van der Waals surface area (Å²) in [6.07, 6.45) is 3.61. The van der Waals surface area contributed by atoms with Crippen molar-refractivity contribution in [1.29, 1.82) is 0 Å². The lowest BCUT2D eigenvalue weighted by Crippen LogP contribution is -2.36. The molecule has 0 aliphatic carbocycles. The van der Waals surface area contributed by atoms with Crippen molar-refractivity contribution in [2.75, 3.05) is 26.3 Å². The number of pyridine rings is 1. The summed E-state index contributed by atoms with van der Waals surface area (Å²) in [7, 11) is 0. The molecule has 6 heteroatoms. The summed E-state index contributed by atoms with van der Waals surface area (Å²) in [6, 6.07) is 14.2. The maximum absolute atomic E-state index is 6.16. The second kappa shape index (κ2) is 9.71. The van der Waals surface area contributed by atoms with E-state index in [1.54, 1.807) is 12.4 Å². The van der Waals surface area contributed by atoms with E-state index in [-0.39, 0.29) is 0 Å². The minimum Gasteiger partial charge on any atom is -0.379 e. The normalized spacial score (nSPS) is 14.5. The third-order valence-electron chi connectivity index (χ3n) is 6.64. The first kappa shape index (κ1) is 22.8. The zero-order chi connectivity index (χ0) is 23.7. The number of ether oxygens (including phenoxy) is 1. The summed E-state index contributed by atoms with van der Waals surface area (Å²) in [5, 5.41) is 0.715. The Morgan fingerprint density at radius 2 is 1.65 bits per heavy atom. The van der Waals surface area contributed by atoms with E-state index in [0.29, 0.717) is 5.02 Å². The molecular weight excluding hydrogens is 444 g/mol. The molecule has 1 N–H and O–H groups in total. The van der Waals surface area contributed by atoms with Gasteiger partial charge in [-0.05, 0) is 67.3 Å². The minimum atomic E-state index is 0.715. The van der Waals surface area contributed by atoms with Gasteiger partial charge in [-0.25, -0.2) is 4.98 Å². The number of nitrogens with zero attached hydrogens (tertiary/aromatic N) is 3. The van der Waals surface area contributed by atoms with Gasteiger partial charge in [0.1, 0.15) is 5.82 Å². The number of hydrogen-bond acceptors (Lipinski definition) is 4. The van der Waals surface area contributed by atoms with Crippen LogP contribution < -0.4 is 0 Å². The van der Waals surface area contributed by atoms with E-state index >= 15 is 0 Å². The van der Waals surface area contributed by atoms with Crippen LogP contribution in [0.2, 0.25) is 5.02 Å². The number of aromatic nitrogens is 3. The fourth-order valence-corrected chi connectivity index (χ4v) is 4.98. The fraction of sp³-hybridized carbons (Fsp3) is 0.286. The van der Waals surface area contributed by atoms with E-state index in [9.17, 15) is 0 Å². The molecule has 1 fully saturated rings. The molecular formula is C28H29ClN4O. The number of imidazole rings is 1. The first-order valence-electron chi connectivity index (χ1n) is 11.7. The van der Waals surface area contributed by atoms with Gasteiger partial charge in [-0.1, -0.05) is 29.8 Å². The Morgan fingerprint density at radius 1 is 0.941 bits per heavy atom. The Hall–Kier alpha value is -2.99. The first-order chi connectivity index (χ1) is 16.5. The van der Waals surface area contributed by atoms with Gasteiger partial charge in [-0.3, -0.25) is 9.88 Å². The van der Waals surface area contributed by atoms with Gasteiger partial charge in [0.15, 0.2) is 0 Å². The van der Waals surface area contributed by atoms with Crippen molar-refractivity contribution in [3.8, 4) is 33.9 Å². The van der Waals surface area contributed by atoms with Crippen LogP contribution in [0.5, 0.6) is 0 Å². The first-order valence-corrected chi connectivity index (χ1v) is 12.1. The zero-order valence-electron chi connectivity index (χ0n) is 19.9. The lowest BCUT2D eigenvalue weighted by Gasteiger charge is -2.28. The third kappa shape index (κ3) is 4.51. The molecule has 2 aromatic carbocycles. The van der Waals surface area contributed by atoms with Crippen molar-refractivity contribution in [2.24, 2.45) is 0 Å². The molecule has 174 valence electrons. The lowest BCUT2D eigenvalue weighted by molar-refractivity contribution is 0.0340. The highest BCUT2D eigenvalue weighted by molar-refractivity contribution is 6.30.